The lowest BCUT2D eigenvalue weighted by Crippen LogP contribution is -2.28. The van der Waals surface area contributed by atoms with E-state index in [4.69, 9.17) is 5.11 Å². The molecule has 5 nitrogen and oxygen atoms in total. The molecule has 2 atom stereocenters. The van der Waals surface area contributed by atoms with Crippen molar-refractivity contribution in [1.29, 1.82) is 0 Å². The molecule has 0 saturated heterocycles. The minimum atomic E-state index is -3.67. The van der Waals surface area contributed by atoms with Crippen molar-refractivity contribution in [1.82, 2.24) is 4.72 Å². The smallest absolute Gasteiger partial charge is 0.335 e. The van der Waals surface area contributed by atoms with Crippen LogP contribution >= 0.6 is 0 Å². The molecule has 1 aliphatic carbocycles. The molecule has 0 spiro atoms. The summed E-state index contributed by atoms with van der Waals surface area (Å²) in [6.07, 6.45) is 2.92. The molecular weight excluding hydrogens is 290 g/mol. The van der Waals surface area contributed by atoms with Crippen LogP contribution in [0.5, 0.6) is 0 Å². The molecule has 1 aromatic carbocycles. The summed E-state index contributed by atoms with van der Waals surface area (Å²) in [6.45, 7) is 5.50. The number of hydrogen-bond donors (Lipinski definition) is 2. The van der Waals surface area contributed by atoms with E-state index in [1.165, 1.54) is 12.1 Å². The van der Waals surface area contributed by atoms with E-state index < -0.39 is 16.0 Å². The van der Waals surface area contributed by atoms with Gasteiger partial charge < -0.3 is 5.11 Å². The minimum Gasteiger partial charge on any atom is -0.478 e. The highest BCUT2D eigenvalue weighted by molar-refractivity contribution is 7.89. The van der Waals surface area contributed by atoms with Gasteiger partial charge in [-0.1, -0.05) is 13.3 Å². The van der Waals surface area contributed by atoms with Gasteiger partial charge in [0.15, 0.2) is 0 Å². The van der Waals surface area contributed by atoms with Gasteiger partial charge >= 0.3 is 5.97 Å². The Labute approximate surface area is 125 Å². The predicted molar refractivity (Wildman–Crippen MR) is 80.0 cm³/mol. The first-order valence-corrected chi connectivity index (χ1v) is 8.61. The van der Waals surface area contributed by atoms with Crippen LogP contribution in [0.4, 0.5) is 0 Å². The van der Waals surface area contributed by atoms with Crippen LogP contribution in [0, 0.1) is 19.8 Å². The summed E-state index contributed by atoms with van der Waals surface area (Å²) in [5, 5.41) is 9.08. The second-order valence-electron chi connectivity index (χ2n) is 5.73. The molecule has 1 fully saturated rings. The van der Waals surface area contributed by atoms with Crippen LogP contribution in [0.25, 0.3) is 0 Å². The zero-order chi connectivity index (χ0) is 15.8. The second-order valence-corrected chi connectivity index (χ2v) is 7.42. The van der Waals surface area contributed by atoms with Gasteiger partial charge in [-0.2, -0.15) is 0 Å². The van der Waals surface area contributed by atoms with E-state index in [0.717, 1.165) is 19.3 Å². The summed E-state index contributed by atoms with van der Waals surface area (Å²) in [7, 11) is -3.67. The van der Waals surface area contributed by atoms with E-state index in [0.29, 0.717) is 17.0 Å². The third-order valence-electron chi connectivity index (χ3n) is 4.04. The second kappa shape index (κ2) is 5.77. The van der Waals surface area contributed by atoms with Crippen molar-refractivity contribution < 1.29 is 18.3 Å². The van der Waals surface area contributed by atoms with E-state index >= 15 is 0 Å². The lowest BCUT2D eigenvalue weighted by atomic mass is 10.1. The van der Waals surface area contributed by atoms with Gasteiger partial charge in [0.2, 0.25) is 10.0 Å². The van der Waals surface area contributed by atoms with Gasteiger partial charge in [-0.25, -0.2) is 17.9 Å². The van der Waals surface area contributed by atoms with Crippen LogP contribution in [-0.4, -0.2) is 25.5 Å². The molecule has 116 valence electrons. The van der Waals surface area contributed by atoms with Crippen LogP contribution in [0.2, 0.25) is 0 Å². The van der Waals surface area contributed by atoms with Crippen molar-refractivity contribution in [2.24, 2.45) is 5.92 Å². The Morgan fingerprint density at radius 3 is 2.62 bits per heavy atom. The Morgan fingerprint density at radius 2 is 2.05 bits per heavy atom. The fourth-order valence-corrected chi connectivity index (χ4v) is 4.23. The van der Waals surface area contributed by atoms with Gasteiger partial charge in [0, 0.05) is 6.04 Å². The molecular formula is C15H21NO4S. The van der Waals surface area contributed by atoms with Crippen LogP contribution < -0.4 is 4.72 Å². The van der Waals surface area contributed by atoms with Gasteiger partial charge in [0.05, 0.1) is 10.5 Å². The fourth-order valence-electron chi connectivity index (χ4n) is 2.57. The van der Waals surface area contributed by atoms with Gasteiger partial charge in [-0.15, -0.1) is 0 Å². The van der Waals surface area contributed by atoms with E-state index in [2.05, 4.69) is 11.6 Å². The molecule has 6 heteroatoms. The SMILES string of the molecule is CCCC1CC1NS(=O)(=O)c1cc(C(=O)O)cc(C)c1C. The number of nitrogens with one attached hydrogen (secondary N) is 1. The molecule has 1 saturated carbocycles. The van der Waals surface area contributed by atoms with E-state index in [1.54, 1.807) is 13.8 Å². The quantitative estimate of drug-likeness (QED) is 0.845. The largest absolute Gasteiger partial charge is 0.478 e. The first-order valence-electron chi connectivity index (χ1n) is 7.13. The summed E-state index contributed by atoms with van der Waals surface area (Å²) in [5.74, 6) is -0.710. The third-order valence-corrected chi connectivity index (χ3v) is 5.66. The molecule has 0 bridgehead atoms. The van der Waals surface area contributed by atoms with Crippen LogP contribution in [0.15, 0.2) is 17.0 Å². The molecule has 2 rings (SSSR count). The third kappa shape index (κ3) is 3.44. The van der Waals surface area contributed by atoms with Crippen molar-refractivity contribution in [3.8, 4) is 0 Å². The molecule has 2 unspecified atom stereocenters. The normalized spacial score (nSPS) is 21.3. The highest BCUT2D eigenvalue weighted by Crippen LogP contribution is 2.36. The molecule has 0 aromatic heterocycles. The average Bonchev–Trinajstić information content (AvgIpc) is 3.09. The van der Waals surface area contributed by atoms with Crippen LogP contribution in [0.1, 0.15) is 47.7 Å². The van der Waals surface area contributed by atoms with Crippen molar-refractivity contribution in [2.75, 3.05) is 0 Å². The summed E-state index contributed by atoms with van der Waals surface area (Å²) in [6, 6.07) is 2.72. The minimum absolute atomic E-state index is 0.000574. The van der Waals surface area contributed by atoms with Crippen molar-refractivity contribution >= 4 is 16.0 Å². The molecule has 1 aliphatic rings. The Balaban J connectivity index is 2.30. The number of aryl methyl sites for hydroxylation is 1. The zero-order valence-electron chi connectivity index (χ0n) is 12.5. The topological polar surface area (TPSA) is 83.5 Å². The maximum Gasteiger partial charge on any atom is 0.335 e. The maximum atomic E-state index is 12.5. The molecule has 0 heterocycles. The number of rotatable bonds is 6. The number of carboxylic acid groups (broad SMARTS) is 1. The molecule has 1 aromatic rings. The highest BCUT2D eigenvalue weighted by atomic mass is 32.2. The number of benzene rings is 1. The van der Waals surface area contributed by atoms with Gasteiger partial charge in [0.25, 0.3) is 0 Å². The molecule has 2 N–H and O–H groups in total. The highest BCUT2D eigenvalue weighted by Gasteiger charge is 2.39. The number of carbonyl (C=O) groups is 1. The van der Waals surface area contributed by atoms with Gasteiger partial charge in [-0.05, 0) is 55.9 Å². The number of sulfonamides is 1. The van der Waals surface area contributed by atoms with Crippen LogP contribution in [-0.2, 0) is 10.0 Å². The molecule has 0 amide bonds. The lowest BCUT2D eigenvalue weighted by molar-refractivity contribution is 0.0696. The van der Waals surface area contributed by atoms with Gasteiger partial charge in [-0.3, -0.25) is 0 Å². The van der Waals surface area contributed by atoms with Gasteiger partial charge in [0.1, 0.15) is 0 Å². The van der Waals surface area contributed by atoms with E-state index in [1.807, 2.05) is 0 Å². The molecule has 0 aliphatic heterocycles. The molecule has 21 heavy (non-hydrogen) atoms. The summed E-state index contributed by atoms with van der Waals surface area (Å²) in [5.41, 5.74) is 1.26. The van der Waals surface area contributed by atoms with Crippen molar-refractivity contribution in [3.05, 3.63) is 28.8 Å². The Bertz CT molecular complexity index is 666. The van der Waals surface area contributed by atoms with E-state index in [-0.39, 0.29) is 16.5 Å². The maximum absolute atomic E-state index is 12.5. The predicted octanol–water partition coefficient (Wildman–Crippen LogP) is 2.47. The Morgan fingerprint density at radius 1 is 1.38 bits per heavy atom. The Hall–Kier alpha value is -1.40. The van der Waals surface area contributed by atoms with Crippen LogP contribution in [0.3, 0.4) is 0 Å². The van der Waals surface area contributed by atoms with Crippen molar-refractivity contribution in [3.63, 3.8) is 0 Å². The number of hydrogen-bond acceptors (Lipinski definition) is 3. The standard InChI is InChI=1S/C15H21NO4S/c1-4-5-11-7-13(11)16-21(19,20)14-8-12(15(17)18)6-9(2)10(14)3/h6,8,11,13,16H,4-5,7H2,1-3H3,(H,17,18). The summed E-state index contributed by atoms with van der Waals surface area (Å²) >= 11 is 0. The first kappa shape index (κ1) is 16.0. The van der Waals surface area contributed by atoms with E-state index in [9.17, 15) is 13.2 Å². The first-order chi connectivity index (χ1) is 9.76. The fraction of sp³-hybridized carbons (Fsp3) is 0.533. The average molecular weight is 311 g/mol. The number of carboxylic acids is 1. The van der Waals surface area contributed by atoms with Crippen molar-refractivity contribution in [2.45, 2.75) is 51.0 Å². The monoisotopic (exact) mass is 311 g/mol. The number of aromatic carboxylic acids is 1. The molecule has 0 radical (unpaired) electrons. The Kier molecular flexibility index (Phi) is 4.39. The summed E-state index contributed by atoms with van der Waals surface area (Å²) < 4.78 is 27.6. The lowest BCUT2D eigenvalue weighted by Gasteiger charge is -2.12. The zero-order valence-corrected chi connectivity index (χ0v) is 13.3. The summed E-state index contributed by atoms with van der Waals surface area (Å²) in [4.78, 5) is 11.2.